The molecule has 0 radical (unpaired) electrons. The fourth-order valence-electron chi connectivity index (χ4n) is 0.861. The minimum Gasteiger partial charge on any atom is -0.442 e. The van der Waals surface area contributed by atoms with E-state index in [1.807, 2.05) is 0 Å². The van der Waals surface area contributed by atoms with E-state index < -0.39 is 11.7 Å². The van der Waals surface area contributed by atoms with Crippen LogP contribution in [0.25, 0.3) is 0 Å². The SMILES string of the molecule is C#CCON(C/C=C/C=C)C(=O)OC(C)(C)C. The Labute approximate surface area is 103 Å². The number of allylic oxidation sites excluding steroid dienone is 2. The first-order valence-corrected chi connectivity index (χ1v) is 5.25. The van der Waals surface area contributed by atoms with Gasteiger partial charge in [0.2, 0.25) is 0 Å². The highest BCUT2D eigenvalue weighted by Crippen LogP contribution is 2.10. The second kappa shape index (κ2) is 7.53. The molecule has 0 aromatic carbocycles. The van der Waals surface area contributed by atoms with Crippen LogP contribution < -0.4 is 0 Å². The molecule has 0 aliphatic rings. The number of amides is 1. The summed E-state index contributed by atoms with van der Waals surface area (Å²) in [5.74, 6) is 2.29. The van der Waals surface area contributed by atoms with E-state index in [1.165, 1.54) is 0 Å². The lowest BCUT2D eigenvalue weighted by Gasteiger charge is -2.25. The van der Waals surface area contributed by atoms with Gasteiger partial charge in [0.15, 0.2) is 0 Å². The number of carbonyl (C=O) groups excluding carboxylic acids is 1. The third kappa shape index (κ3) is 8.12. The van der Waals surface area contributed by atoms with Crippen molar-refractivity contribution in [2.45, 2.75) is 26.4 Å². The number of rotatable bonds is 5. The lowest BCUT2D eigenvalue weighted by Crippen LogP contribution is -2.37. The number of carbonyl (C=O) groups is 1. The lowest BCUT2D eigenvalue weighted by atomic mass is 10.2. The molecule has 0 N–H and O–H groups in total. The zero-order valence-electron chi connectivity index (χ0n) is 10.6. The summed E-state index contributed by atoms with van der Waals surface area (Å²) in [6, 6.07) is 0. The number of hydrogen-bond donors (Lipinski definition) is 0. The molecule has 0 saturated heterocycles. The van der Waals surface area contributed by atoms with Crippen LogP contribution in [-0.2, 0) is 9.57 Å². The molecule has 0 aliphatic heterocycles. The molecule has 0 bridgehead atoms. The van der Waals surface area contributed by atoms with Crippen LogP contribution in [-0.4, -0.2) is 29.9 Å². The van der Waals surface area contributed by atoms with E-state index in [9.17, 15) is 4.79 Å². The molecule has 1 amide bonds. The summed E-state index contributed by atoms with van der Waals surface area (Å²) in [7, 11) is 0. The van der Waals surface area contributed by atoms with E-state index in [-0.39, 0.29) is 13.2 Å². The van der Waals surface area contributed by atoms with Crippen molar-refractivity contribution in [3.05, 3.63) is 24.8 Å². The Bertz CT molecular complexity index is 321. The quantitative estimate of drug-likeness (QED) is 0.419. The molecule has 94 valence electrons. The highest BCUT2D eigenvalue weighted by Gasteiger charge is 2.21. The third-order valence-electron chi connectivity index (χ3n) is 1.44. The molecule has 0 fully saturated rings. The number of ether oxygens (including phenoxy) is 1. The van der Waals surface area contributed by atoms with Gasteiger partial charge in [0, 0.05) is 0 Å². The Kier molecular flexibility index (Phi) is 6.76. The summed E-state index contributed by atoms with van der Waals surface area (Å²) in [5.41, 5.74) is -0.572. The summed E-state index contributed by atoms with van der Waals surface area (Å²) in [5, 5.41) is 1.07. The average molecular weight is 237 g/mol. The smallest absolute Gasteiger partial charge is 0.434 e. The summed E-state index contributed by atoms with van der Waals surface area (Å²) in [6.07, 6.45) is 9.53. The molecule has 4 heteroatoms. The van der Waals surface area contributed by atoms with Crippen molar-refractivity contribution in [3.63, 3.8) is 0 Å². The molecule has 0 heterocycles. The van der Waals surface area contributed by atoms with Crippen molar-refractivity contribution in [1.29, 1.82) is 0 Å². The topological polar surface area (TPSA) is 38.8 Å². The third-order valence-corrected chi connectivity index (χ3v) is 1.44. The Morgan fingerprint density at radius 2 is 2.18 bits per heavy atom. The molecule has 0 aliphatic carbocycles. The predicted molar refractivity (Wildman–Crippen MR) is 67.1 cm³/mol. The van der Waals surface area contributed by atoms with Crippen molar-refractivity contribution in [1.82, 2.24) is 5.06 Å². The van der Waals surface area contributed by atoms with Crippen LogP contribution in [0.1, 0.15) is 20.8 Å². The van der Waals surface area contributed by atoms with Gasteiger partial charge in [-0.05, 0) is 20.8 Å². The van der Waals surface area contributed by atoms with Gasteiger partial charge in [-0.15, -0.1) is 6.42 Å². The first-order chi connectivity index (χ1) is 7.90. The van der Waals surface area contributed by atoms with Gasteiger partial charge < -0.3 is 4.74 Å². The number of terminal acetylenes is 1. The highest BCUT2D eigenvalue weighted by molar-refractivity contribution is 5.67. The normalized spacial score (nSPS) is 10.9. The van der Waals surface area contributed by atoms with Crippen molar-refractivity contribution in [2.75, 3.05) is 13.2 Å². The maximum Gasteiger partial charge on any atom is 0.434 e. The molecular weight excluding hydrogens is 218 g/mol. The van der Waals surface area contributed by atoms with E-state index in [4.69, 9.17) is 16.0 Å². The minimum absolute atomic E-state index is 0.0151. The summed E-state index contributed by atoms with van der Waals surface area (Å²) in [6.45, 7) is 9.14. The molecule has 0 saturated carbocycles. The predicted octanol–water partition coefficient (Wildman–Crippen LogP) is 2.53. The van der Waals surface area contributed by atoms with E-state index in [2.05, 4.69) is 12.5 Å². The summed E-state index contributed by atoms with van der Waals surface area (Å²) in [4.78, 5) is 16.8. The van der Waals surface area contributed by atoms with Gasteiger partial charge in [-0.2, -0.15) is 5.06 Å². The van der Waals surface area contributed by atoms with Crippen molar-refractivity contribution in [3.8, 4) is 12.3 Å². The Balaban J connectivity index is 4.45. The van der Waals surface area contributed by atoms with Gasteiger partial charge in [-0.3, -0.25) is 4.84 Å². The van der Waals surface area contributed by atoms with Gasteiger partial charge in [-0.25, -0.2) is 4.79 Å². The summed E-state index contributed by atoms with van der Waals surface area (Å²) >= 11 is 0. The van der Waals surface area contributed by atoms with Gasteiger partial charge in [0.25, 0.3) is 0 Å². The number of hydroxylamine groups is 2. The molecule has 17 heavy (non-hydrogen) atoms. The molecule has 0 unspecified atom stereocenters. The van der Waals surface area contributed by atoms with E-state index in [1.54, 1.807) is 39.0 Å². The van der Waals surface area contributed by atoms with Crippen molar-refractivity contribution >= 4 is 6.09 Å². The van der Waals surface area contributed by atoms with Gasteiger partial charge in [0.05, 0.1) is 6.54 Å². The van der Waals surface area contributed by atoms with E-state index in [0.717, 1.165) is 5.06 Å². The largest absolute Gasteiger partial charge is 0.442 e. The minimum atomic E-state index is -0.572. The second-order valence-electron chi connectivity index (χ2n) is 4.18. The Hall–Kier alpha value is -1.73. The fourth-order valence-corrected chi connectivity index (χ4v) is 0.861. The first-order valence-electron chi connectivity index (χ1n) is 5.25. The maximum absolute atomic E-state index is 11.7. The average Bonchev–Trinajstić information content (AvgIpc) is 2.20. The van der Waals surface area contributed by atoms with Crippen LogP contribution in [0.15, 0.2) is 24.8 Å². The monoisotopic (exact) mass is 237 g/mol. The fraction of sp³-hybridized carbons (Fsp3) is 0.462. The summed E-state index contributed by atoms with van der Waals surface area (Å²) < 4.78 is 5.16. The zero-order valence-corrected chi connectivity index (χ0v) is 10.6. The van der Waals surface area contributed by atoms with Crippen LogP contribution >= 0.6 is 0 Å². The first kappa shape index (κ1) is 15.3. The van der Waals surface area contributed by atoms with Crippen molar-refractivity contribution in [2.24, 2.45) is 0 Å². The van der Waals surface area contributed by atoms with Gasteiger partial charge >= 0.3 is 6.09 Å². The molecule has 0 spiro atoms. The van der Waals surface area contributed by atoms with Crippen molar-refractivity contribution < 1.29 is 14.4 Å². The highest BCUT2D eigenvalue weighted by atomic mass is 16.7. The molecule has 0 aromatic heterocycles. The van der Waals surface area contributed by atoms with Crippen LogP contribution in [0.4, 0.5) is 4.79 Å². The Morgan fingerprint density at radius 1 is 1.53 bits per heavy atom. The van der Waals surface area contributed by atoms with Gasteiger partial charge in [0.1, 0.15) is 12.2 Å². The number of hydrogen-bond acceptors (Lipinski definition) is 3. The Morgan fingerprint density at radius 3 is 2.65 bits per heavy atom. The second-order valence-corrected chi connectivity index (χ2v) is 4.18. The zero-order chi connectivity index (χ0) is 13.3. The van der Waals surface area contributed by atoms with Crippen LogP contribution in [0.5, 0.6) is 0 Å². The lowest BCUT2D eigenvalue weighted by molar-refractivity contribution is -0.129. The van der Waals surface area contributed by atoms with Crippen LogP contribution in [0.2, 0.25) is 0 Å². The number of nitrogens with zero attached hydrogens (tertiary/aromatic N) is 1. The molecule has 4 nitrogen and oxygen atoms in total. The molecule has 0 aromatic rings. The van der Waals surface area contributed by atoms with E-state index >= 15 is 0 Å². The van der Waals surface area contributed by atoms with E-state index in [0.29, 0.717) is 0 Å². The van der Waals surface area contributed by atoms with Gasteiger partial charge in [-0.1, -0.05) is 30.7 Å². The van der Waals surface area contributed by atoms with Crippen LogP contribution in [0.3, 0.4) is 0 Å². The maximum atomic E-state index is 11.7. The standard InChI is InChI=1S/C13H19NO3/c1-6-8-9-10-14(16-11-7-2)12(15)17-13(3,4)5/h2,6,8-9H,1,10-11H2,3-5H3/b9-8+. The molecule has 0 atom stereocenters. The molecular formula is C13H19NO3. The van der Waals surface area contributed by atoms with Crippen LogP contribution in [0, 0.1) is 12.3 Å². The molecule has 0 rings (SSSR count).